The maximum Gasteiger partial charge on any atom is 0.246 e. The molecule has 0 aliphatic carbocycles. The molecule has 21 heavy (non-hydrogen) atoms. The smallest absolute Gasteiger partial charge is 0.246 e. The number of nitrogens with zero attached hydrogens (tertiary/aromatic N) is 3. The molecular formula is C12H10ClN3O4S. The second kappa shape index (κ2) is 6.35. The summed E-state index contributed by atoms with van der Waals surface area (Å²) in [6.45, 7) is 0.176. The van der Waals surface area contributed by atoms with Crippen molar-refractivity contribution in [2.45, 2.75) is 11.1 Å². The number of halogens is 1. The van der Waals surface area contributed by atoms with Crippen LogP contribution in [0.3, 0.4) is 0 Å². The maximum atomic E-state index is 12.6. The number of rotatable bonds is 3. The van der Waals surface area contributed by atoms with Gasteiger partial charge in [-0.15, -0.1) is 0 Å². The largest absolute Gasteiger partial charge is 0.376 e. The summed E-state index contributed by atoms with van der Waals surface area (Å²) < 4.78 is 31.4. The van der Waals surface area contributed by atoms with Gasteiger partial charge in [-0.3, -0.25) is 0 Å². The highest BCUT2D eigenvalue weighted by atomic mass is 35.5. The first-order valence-electron chi connectivity index (χ1n) is 5.87. The van der Waals surface area contributed by atoms with Gasteiger partial charge in [0.25, 0.3) is 0 Å². The van der Waals surface area contributed by atoms with Gasteiger partial charge in [-0.25, -0.2) is 13.2 Å². The molecule has 0 aromatic heterocycles. The second-order valence-electron chi connectivity index (χ2n) is 4.15. The lowest BCUT2D eigenvalue weighted by atomic mass is 10.2. The number of carbonyl (C=O) groups excluding carboxylic acids is 1. The van der Waals surface area contributed by atoms with Crippen LogP contribution in [0.1, 0.15) is 5.56 Å². The molecule has 0 radical (unpaired) electrons. The summed E-state index contributed by atoms with van der Waals surface area (Å²) >= 11 is 5.93. The molecule has 0 bridgehead atoms. The molecule has 0 N–H and O–H groups in total. The predicted molar refractivity (Wildman–Crippen MR) is 72.8 cm³/mol. The molecule has 9 heteroatoms. The molecule has 1 atom stereocenters. The summed E-state index contributed by atoms with van der Waals surface area (Å²) in [7, 11) is -4.00. The fourth-order valence-electron chi connectivity index (χ4n) is 1.92. The van der Waals surface area contributed by atoms with Crippen molar-refractivity contribution in [2.24, 2.45) is 4.99 Å². The van der Waals surface area contributed by atoms with E-state index in [1.54, 1.807) is 0 Å². The zero-order chi connectivity index (χ0) is 15.5. The second-order valence-corrected chi connectivity index (χ2v) is 6.41. The average molecular weight is 328 g/mol. The first kappa shape index (κ1) is 15.6. The first-order valence-corrected chi connectivity index (χ1v) is 7.68. The summed E-state index contributed by atoms with van der Waals surface area (Å²) in [5.41, 5.74) is 0.168. The summed E-state index contributed by atoms with van der Waals surface area (Å²) in [5.74, 6) is 0. The number of morpholine rings is 1. The molecule has 1 aromatic carbocycles. The van der Waals surface area contributed by atoms with Crippen molar-refractivity contribution in [3.05, 3.63) is 28.8 Å². The summed E-state index contributed by atoms with van der Waals surface area (Å²) in [6.07, 6.45) is 0.348. The Balaban J connectivity index is 2.50. The Morgan fingerprint density at radius 1 is 1.48 bits per heavy atom. The van der Waals surface area contributed by atoms with Gasteiger partial charge in [0, 0.05) is 6.54 Å². The van der Waals surface area contributed by atoms with Crippen LogP contribution in [0.4, 0.5) is 0 Å². The molecule has 0 saturated carbocycles. The van der Waals surface area contributed by atoms with Crippen molar-refractivity contribution in [1.29, 1.82) is 5.26 Å². The third kappa shape index (κ3) is 3.13. The van der Waals surface area contributed by atoms with Gasteiger partial charge in [-0.2, -0.15) is 14.6 Å². The predicted octanol–water partition coefficient (Wildman–Crippen LogP) is 0.894. The van der Waals surface area contributed by atoms with Crippen molar-refractivity contribution in [3.63, 3.8) is 0 Å². The molecule has 1 fully saturated rings. The molecule has 1 aliphatic heterocycles. The van der Waals surface area contributed by atoms with Gasteiger partial charge in [0.2, 0.25) is 16.1 Å². The van der Waals surface area contributed by atoms with Gasteiger partial charge in [-0.05, 0) is 18.2 Å². The SMILES string of the molecule is N#Cc1ccc(Cl)c(S(=O)(=O)N2CCOCC2N=C=O)c1. The molecule has 1 saturated heterocycles. The van der Waals surface area contributed by atoms with Crippen LogP contribution >= 0.6 is 11.6 Å². The van der Waals surface area contributed by atoms with Crippen LogP contribution in [0.2, 0.25) is 5.02 Å². The highest BCUT2D eigenvalue weighted by molar-refractivity contribution is 7.89. The molecule has 1 aromatic rings. The van der Waals surface area contributed by atoms with Crippen molar-refractivity contribution in [3.8, 4) is 6.07 Å². The third-order valence-corrected chi connectivity index (χ3v) is 5.28. The van der Waals surface area contributed by atoms with Crippen molar-refractivity contribution < 1.29 is 17.9 Å². The number of hydrogen-bond donors (Lipinski definition) is 0. The fourth-order valence-corrected chi connectivity index (χ4v) is 3.91. The summed E-state index contributed by atoms with van der Waals surface area (Å²) in [5, 5.41) is 8.87. The average Bonchev–Trinajstić information content (AvgIpc) is 2.48. The van der Waals surface area contributed by atoms with Gasteiger partial charge in [0.05, 0.1) is 29.9 Å². The zero-order valence-corrected chi connectivity index (χ0v) is 12.3. The summed E-state index contributed by atoms with van der Waals surface area (Å²) in [6, 6.07) is 5.80. The van der Waals surface area contributed by atoms with Crippen molar-refractivity contribution in [2.75, 3.05) is 19.8 Å². The third-order valence-electron chi connectivity index (χ3n) is 2.90. The first-order chi connectivity index (χ1) is 10.0. The van der Waals surface area contributed by atoms with E-state index in [2.05, 4.69) is 4.99 Å². The fraction of sp³-hybridized carbons (Fsp3) is 0.333. The van der Waals surface area contributed by atoms with Crippen LogP contribution in [-0.2, 0) is 19.6 Å². The Bertz CT molecular complexity index is 737. The molecule has 1 heterocycles. The van der Waals surface area contributed by atoms with Crippen LogP contribution in [-0.4, -0.2) is 44.7 Å². The number of sulfonamides is 1. The van der Waals surface area contributed by atoms with Crippen molar-refractivity contribution in [1.82, 2.24) is 4.31 Å². The lowest BCUT2D eigenvalue weighted by Crippen LogP contribution is -2.47. The summed E-state index contributed by atoms with van der Waals surface area (Å²) in [4.78, 5) is 13.7. The molecule has 110 valence electrons. The molecule has 0 amide bonds. The normalized spacial score (nSPS) is 19.5. The van der Waals surface area contributed by atoms with E-state index in [1.165, 1.54) is 24.3 Å². The number of benzene rings is 1. The van der Waals surface area contributed by atoms with E-state index in [0.29, 0.717) is 0 Å². The standard InChI is InChI=1S/C12H10ClN3O4S/c13-10-2-1-9(6-14)5-11(10)21(18,19)16-3-4-20-7-12(16)15-8-17/h1-2,5,12H,3-4,7H2. The van der Waals surface area contributed by atoms with Crippen molar-refractivity contribution >= 4 is 27.7 Å². The van der Waals surface area contributed by atoms with E-state index in [0.717, 1.165) is 4.31 Å². The topological polar surface area (TPSA) is 99.8 Å². The highest BCUT2D eigenvalue weighted by Gasteiger charge is 2.35. The minimum absolute atomic E-state index is 0.00526. The quantitative estimate of drug-likeness (QED) is 0.606. The Morgan fingerprint density at radius 3 is 2.90 bits per heavy atom. The van der Waals surface area contributed by atoms with Crippen LogP contribution in [0.15, 0.2) is 28.1 Å². The number of aliphatic imine (C=N–C) groups is 1. The van der Waals surface area contributed by atoms with E-state index in [4.69, 9.17) is 21.6 Å². The van der Waals surface area contributed by atoms with Gasteiger partial charge >= 0.3 is 0 Å². The maximum absolute atomic E-state index is 12.6. The Morgan fingerprint density at radius 2 is 2.24 bits per heavy atom. The van der Waals surface area contributed by atoms with E-state index < -0.39 is 16.2 Å². The molecule has 1 unspecified atom stereocenters. The number of hydrogen-bond acceptors (Lipinski definition) is 6. The number of isocyanates is 1. The molecule has 0 spiro atoms. The monoisotopic (exact) mass is 327 g/mol. The van der Waals surface area contributed by atoms with E-state index >= 15 is 0 Å². The molecule has 2 rings (SSSR count). The van der Waals surface area contributed by atoms with Gasteiger partial charge in [0.15, 0.2) is 6.17 Å². The minimum atomic E-state index is -4.00. The Kier molecular flexibility index (Phi) is 4.73. The number of ether oxygens (including phenoxy) is 1. The van der Waals surface area contributed by atoms with Gasteiger partial charge in [0.1, 0.15) is 4.90 Å². The molecule has 7 nitrogen and oxygen atoms in total. The molecule has 1 aliphatic rings. The van der Waals surface area contributed by atoms with Crippen LogP contribution in [0.5, 0.6) is 0 Å². The highest BCUT2D eigenvalue weighted by Crippen LogP contribution is 2.28. The van der Waals surface area contributed by atoms with Gasteiger partial charge in [-0.1, -0.05) is 11.6 Å². The minimum Gasteiger partial charge on any atom is -0.376 e. The lowest BCUT2D eigenvalue weighted by Gasteiger charge is -2.31. The van der Waals surface area contributed by atoms with E-state index in [9.17, 15) is 13.2 Å². The van der Waals surface area contributed by atoms with Crippen LogP contribution in [0, 0.1) is 11.3 Å². The van der Waals surface area contributed by atoms with Crippen LogP contribution in [0.25, 0.3) is 0 Å². The zero-order valence-electron chi connectivity index (χ0n) is 10.7. The van der Waals surface area contributed by atoms with E-state index in [-0.39, 0.29) is 35.2 Å². The Labute approximate surface area is 126 Å². The number of nitriles is 1. The lowest BCUT2D eigenvalue weighted by molar-refractivity contribution is 0.0359. The molecular weight excluding hydrogens is 318 g/mol. The van der Waals surface area contributed by atoms with E-state index in [1.807, 2.05) is 6.07 Å². The van der Waals surface area contributed by atoms with Gasteiger partial charge < -0.3 is 4.74 Å². The Hall–Kier alpha value is -1.75. The van der Waals surface area contributed by atoms with Crippen LogP contribution < -0.4 is 0 Å².